The number of likely N-dealkylation sites (tertiary alicyclic amines) is 1. The first-order valence-corrected chi connectivity index (χ1v) is 7.30. The van der Waals surface area contributed by atoms with E-state index in [-0.39, 0.29) is 0 Å². The fourth-order valence-electron chi connectivity index (χ4n) is 3.42. The standard InChI is InChI=1S/C16H22N2O/c1-12-3-2-4-13(9-12)5-6-16(19)18-8-7-14-10-17-11-15(14)18/h2-4,9,14-15,17H,5-8,10-11H2,1H3/t14-,15+/m0/s1. The van der Waals surface area contributed by atoms with Gasteiger partial charge in [0.05, 0.1) is 0 Å². The van der Waals surface area contributed by atoms with E-state index < -0.39 is 0 Å². The van der Waals surface area contributed by atoms with Crippen LogP contribution < -0.4 is 5.32 Å². The van der Waals surface area contributed by atoms with Crippen molar-refractivity contribution in [2.45, 2.75) is 32.2 Å². The second-order valence-corrected chi connectivity index (χ2v) is 5.85. The monoisotopic (exact) mass is 258 g/mol. The summed E-state index contributed by atoms with van der Waals surface area (Å²) in [6.45, 7) is 5.14. The lowest BCUT2D eigenvalue weighted by molar-refractivity contribution is -0.131. The zero-order chi connectivity index (χ0) is 13.2. The number of carbonyl (C=O) groups excluding carboxylic acids is 1. The van der Waals surface area contributed by atoms with Crippen LogP contribution >= 0.6 is 0 Å². The molecule has 2 fully saturated rings. The van der Waals surface area contributed by atoms with E-state index in [9.17, 15) is 4.79 Å². The van der Waals surface area contributed by atoms with Gasteiger partial charge >= 0.3 is 0 Å². The third-order valence-electron chi connectivity index (χ3n) is 4.48. The van der Waals surface area contributed by atoms with E-state index >= 15 is 0 Å². The highest BCUT2D eigenvalue weighted by atomic mass is 16.2. The minimum Gasteiger partial charge on any atom is -0.338 e. The Morgan fingerprint density at radius 1 is 1.42 bits per heavy atom. The Morgan fingerprint density at radius 3 is 3.16 bits per heavy atom. The maximum atomic E-state index is 12.3. The normalized spacial score (nSPS) is 25.6. The van der Waals surface area contributed by atoms with E-state index in [1.54, 1.807) is 0 Å². The zero-order valence-electron chi connectivity index (χ0n) is 11.6. The van der Waals surface area contributed by atoms with Crippen molar-refractivity contribution in [2.24, 2.45) is 5.92 Å². The Kier molecular flexibility index (Phi) is 3.56. The maximum absolute atomic E-state index is 12.3. The van der Waals surface area contributed by atoms with Crippen molar-refractivity contribution in [1.82, 2.24) is 10.2 Å². The lowest BCUT2D eigenvalue weighted by atomic mass is 10.0. The molecular weight excluding hydrogens is 236 g/mol. The number of nitrogens with one attached hydrogen (secondary N) is 1. The Hall–Kier alpha value is -1.35. The average molecular weight is 258 g/mol. The third kappa shape index (κ3) is 2.66. The molecule has 102 valence electrons. The van der Waals surface area contributed by atoms with Gasteiger partial charge in [-0.1, -0.05) is 29.8 Å². The molecule has 3 nitrogen and oxygen atoms in total. The van der Waals surface area contributed by atoms with Crippen LogP contribution in [0.1, 0.15) is 24.0 Å². The molecule has 0 aromatic heterocycles. The maximum Gasteiger partial charge on any atom is 0.223 e. The second kappa shape index (κ2) is 5.33. The molecule has 1 amide bonds. The highest BCUT2D eigenvalue weighted by Crippen LogP contribution is 2.27. The van der Waals surface area contributed by atoms with Crippen molar-refractivity contribution in [2.75, 3.05) is 19.6 Å². The van der Waals surface area contributed by atoms with E-state index in [2.05, 4.69) is 41.4 Å². The molecule has 1 N–H and O–H groups in total. The summed E-state index contributed by atoms with van der Waals surface area (Å²) in [5.74, 6) is 1.03. The van der Waals surface area contributed by atoms with Gasteiger partial charge in [-0.05, 0) is 31.2 Å². The van der Waals surface area contributed by atoms with Crippen LogP contribution in [0.25, 0.3) is 0 Å². The number of rotatable bonds is 3. The number of nitrogens with zero attached hydrogens (tertiary/aromatic N) is 1. The van der Waals surface area contributed by atoms with E-state index in [4.69, 9.17) is 0 Å². The largest absolute Gasteiger partial charge is 0.338 e. The van der Waals surface area contributed by atoms with Crippen molar-refractivity contribution in [3.05, 3.63) is 35.4 Å². The summed E-state index contributed by atoms with van der Waals surface area (Å²) in [5, 5.41) is 3.40. The number of hydrogen-bond acceptors (Lipinski definition) is 2. The molecule has 0 unspecified atom stereocenters. The first-order chi connectivity index (χ1) is 9.24. The predicted molar refractivity (Wildman–Crippen MR) is 76.0 cm³/mol. The van der Waals surface area contributed by atoms with Crippen LogP contribution in [0, 0.1) is 12.8 Å². The Bertz CT molecular complexity index is 472. The van der Waals surface area contributed by atoms with Gasteiger partial charge in [0.15, 0.2) is 0 Å². The molecule has 19 heavy (non-hydrogen) atoms. The van der Waals surface area contributed by atoms with Gasteiger partial charge in [-0.25, -0.2) is 0 Å². The molecule has 0 saturated carbocycles. The lowest BCUT2D eigenvalue weighted by Gasteiger charge is -2.23. The molecular formula is C16H22N2O. The first-order valence-electron chi connectivity index (χ1n) is 7.30. The SMILES string of the molecule is Cc1cccc(CCC(=O)N2CC[C@H]3CNC[C@H]32)c1. The Labute approximate surface area is 115 Å². The van der Waals surface area contributed by atoms with Gasteiger partial charge in [0, 0.05) is 32.1 Å². The molecule has 2 heterocycles. The highest BCUT2D eigenvalue weighted by Gasteiger charge is 2.39. The van der Waals surface area contributed by atoms with Gasteiger partial charge < -0.3 is 10.2 Å². The smallest absolute Gasteiger partial charge is 0.223 e. The number of aryl methyl sites for hydroxylation is 2. The minimum atomic E-state index is 0.331. The third-order valence-corrected chi connectivity index (χ3v) is 4.48. The highest BCUT2D eigenvalue weighted by molar-refractivity contribution is 5.77. The number of carbonyl (C=O) groups is 1. The molecule has 1 aromatic carbocycles. The van der Waals surface area contributed by atoms with Gasteiger partial charge in [-0.15, -0.1) is 0 Å². The van der Waals surface area contributed by atoms with E-state index in [1.807, 2.05) is 0 Å². The van der Waals surface area contributed by atoms with E-state index in [1.165, 1.54) is 17.5 Å². The van der Waals surface area contributed by atoms with Crippen LogP contribution in [-0.2, 0) is 11.2 Å². The van der Waals surface area contributed by atoms with Gasteiger partial charge in [-0.3, -0.25) is 4.79 Å². The summed E-state index contributed by atoms with van der Waals surface area (Å²) in [4.78, 5) is 14.5. The van der Waals surface area contributed by atoms with Crippen molar-refractivity contribution >= 4 is 5.91 Å². The molecule has 2 saturated heterocycles. The molecule has 2 aliphatic heterocycles. The Balaban J connectivity index is 1.57. The van der Waals surface area contributed by atoms with E-state index in [0.717, 1.165) is 26.1 Å². The lowest BCUT2D eigenvalue weighted by Crippen LogP contribution is -2.39. The van der Waals surface area contributed by atoms with Crippen LogP contribution in [0.2, 0.25) is 0 Å². The molecule has 1 aromatic rings. The molecule has 0 radical (unpaired) electrons. The topological polar surface area (TPSA) is 32.3 Å². The van der Waals surface area contributed by atoms with Crippen molar-refractivity contribution in [1.29, 1.82) is 0 Å². The van der Waals surface area contributed by atoms with Gasteiger partial charge in [0.25, 0.3) is 0 Å². The molecule has 0 spiro atoms. The summed E-state index contributed by atoms with van der Waals surface area (Å²) in [7, 11) is 0. The van der Waals surface area contributed by atoms with Gasteiger partial charge in [0.1, 0.15) is 0 Å². The molecule has 0 bridgehead atoms. The number of benzene rings is 1. The minimum absolute atomic E-state index is 0.331. The van der Waals surface area contributed by atoms with Crippen LogP contribution in [0.15, 0.2) is 24.3 Å². The Morgan fingerprint density at radius 2 is 2.32 bits per heavy atom. The molecule has 3 rings (SSSR count). The van der Waals surface area contributed by atoms with Crippen LogP contribution in [0.5, 0.6) is 0 Å². The summed E-state index contributed by atoms with van der Waals surface area (Å²) >= 11 is 0. The number of hydrogen-bond donors (Lipinski definition) is 1. The zero-order valence-corrected chi connectivity index (χ0v) is 11.6. The fraction of sp³-hybridized carbons (Fsp3) is 0.562. The van der Waals surface area contributed by atoms with Gasteiger partial charge in [-0.2, -0.15) is 0 Å². The van der Waals surface area contributed by atoms with Crippen LogP contribution in [-0.4, -0.2) is 36.5 Å². The molecule has 2 aliphatic rings. The summed E-state index contributed by atoms with van der Waals surface area (Å²) in [5.41, 5.74) is 2.54. The summed E-state index contributed by atoms with van der Waals surface area (Å²) < 4.78 is 0. The predicted octanol–water partition coefficient (Wildman–Crippen LogP) is 1.75. The molecule has 3 heteroatoms. The molecule has 0 aliphatic carbocycles. The van der Waals surface area contributed by atoms with Crippen molar-refractivity contribution in [3.63, 3.8) is 0 Å². The van der Waals surface area contributed by atoms with Crippen molar-refractivity contribution < 1.29 is 4.79 Å². The fourth-order valence-corrected chi connectivity index (χ4v) is 3.42. The number of fused-ring (bicyclic) bond motifs is 1. The quantitative estimate of drug-likeness (QED) is 0.896. The second-order valence-electron chi connectivity index (χ2n) is 5.85. The summed E-state index contributed by atoms with van der Waals surface area (Å²) in [6, 6.07) is 8.93. The van der Waals surface area contributed by atoms with Crippen LogP contribution in [0.3, 0.4) is 0 Å². The average Bonchev–Trinajstić information content (AvgIpc) is 2.98. The van der Waals surface area contributed by atoms with Gasteiger partial charge in [0.2, 0.25) is 5.91 Å². The number of amides is 1. The van der Waals surface area contributed by atoms with E-state index in [0.29, 0.717) is 24.3 Å². The summed E-state index contributed by atoms with van der Waals surface area (Å²) in [6.07, 6.45) is 2.68. The first kappa shape index (κ1) is 12.7. The molecule has 2 atom stereocenters. The van der Waals surface area contributed by atoms with Crippen LogP contribution in [0.4, 0.5) is 0 Å². The van der Waals surface area contributed by atoms with Crippen molar-refractivity contribution in [3.8, 4) is 0 Å².